The number of methoxy groups -OCH3 is 2. The van der Waals surface area contributed by atoms with E-state index in [-0.39, 0.29) is 22.1 Å². The highest BCUT2D eigenvalue weighted by molar-refractivity contribution is 7.90. The van der Waals surface area contributed by atoms with E-state index in [1.54, 1.807) is 0 Å². The van der Waals surface area contributed by atoms with Gasteiger partial charge in [-0.05, 0) is 24.3 Å². The summed E-state index contributed by atoms with van der Waals surface area (Å²) in [6, 6.07) is 3.31. The largest absolute Gasteiger partial charge is 0.492 e. The van der Waals surface area contributed by atoms with Gasteiger partial charge in [0.2, 0.25) is 0 Å². The molecule has 0 atom stereocenters. The number of benzene rings is 1. The number of ketones is 1. The van der Waals surface area contributed by atoms with Crippen LogP contribution in [-0.4, -0.2) is 39.6 Å². The van der Waals surface area contributed by atoms with Gasteiger partial charge in [-0.3, -0.25) is 14.9 Å². The highest BCUT2D eigenvalue weighted by atomic mass is 32.2. The third-order valence-electron chi connectivity index (χ3n) is 3.43. The number of sulfone groups is 1. The summed E-state index contributed by atoms with van der Waals surface area (Å²) in [5.41, 5.74) is -0.203. The molecule has 0 fully saturated rings. The standard InChI is InChI=1S/C16H15N3O7S/c1-25-14-6-10(7-15(26-2)16(14)20)9-17-18-12-5-4-11(27(3,23)24)8-13(12)19(21)22/h4-9H,1-3H3. The minimum Gasteiger partial charge on any atom is -0.492 e. The summed E-state index contributed by atoms with van der Waals surface area (Å²) < 4.78 is 33.0. The first-order chi connectivity index (χ1) is 12.7. The first-order valence-electron chi connectivity index (χ1n) is 7.33. The number of nitro benzene ring substituents is 1. The van der Waals surface area contributed by atoms with Crippen molar-refractivity contribution >= 4 is 27.0 Å². The van der Waals surface area contributed by atoms with Gasteiger partial charge in [0.05, 0.1) is 30.2 Å². The topological polar surface area (TPSA) is 138 Å². The molecule has 0 N–H and O–H groups in total. The van der Waals surface area contributed by atoms with Crippen molar-refractivity contribution in [3.05, 3.63) is 63.8 Å². The van der Waals surface area contributed by atoms with Gasteiger partial charge in [0.15, 0.2) is 27.0 Å². The Morgan fingerprint density at radius 2 is 1.74 bits per heavy atom. The minimum atomic E-state index is -3.60. The molecule has 0 aliphatic heterocycles. The molecular weight excluding hydrogens is 378 g/mol. The molecule has 0 amide bonds. The van der Waals surface area contributed by atoms with Crippen LogP contribution in [0.15, 0.2) is 68.8 Å². The predicted octanol–water partition coefficient (Wildman–Crippen LogP) is 2.61. The van der Waals surface area contributed by atoms with Crippen LogP contribution in [0.3, 0.4) is 0 Å². The molecule has 0 saturated heterocycles. The summed E-state index contributed by atoms with van der Waals surface area (Å²) in [5.74, 6) is -0.348. The van der Waals surface area contributed by atoms with Crippen LogP contribution in [0.25, 0.3) is 0 Å². The Morgan fingerprint density at radius 3 is 2.22 bits per heavy atom. The molecule has 10 nitrogen and oxygen atoms in total. The lowest BCUT2D eigenvalue weighted by atomic mass is 10.1. The van der Waals surface area contributed by atoms with Crippen molar-refractivity contribution < 1.29 is 27.6 Å². The highest BCUT2D eigenvalue weighted by Crippen LogP contribution is 2.30. The summed E-state index contributed by atoms with van der Waals surface area (Å²) in [4.78, 5) is 22.1. The summed E-state index contributed by atoms with van der Waals surface area (Å²) in [5, 5.41) is 18.7. The number of hydrogen-bond donors (Lipinski definition) is 0. The number of nitrogens with zero attached hydrogens (tertiary/aromatic N) is 3. The summed E-state index contributed by atoms with van der Waals surface area (Å²) in [7, 11) is -0.945. The lowest BCUT2D eigenvalue weighted by Gasteiger charge is -2.12. The van der Waals surface area contributed by atoms with Crippen LogP contribution < -0.4 is 0 Å². The quantitative estimate of drug-likeness (QED) is 0.411. The number of Topliss-reactive ketones (excluding diaryl/α,β-unsaturated/α-hetero) is 1. The Morgan fingerprint density at radius 1 is 1.15 bits per heavy atom. The number of rotatable bonds is 6. The average Bonchev–Trinajstić information content (AvgIpc) is 2.61. The smallest absolute Gasteiger partial charge is 0.298 e. The van der Waals surface area contributed by atoms with Crippen molar-refractivity contribution in [3.8, 4) is 0 Å². The van der Waals surface area contributed by atoms with E-state index in [1.807, 2.05) is 0 Å². The lowest BCUT2D eigenvalue weighted by molar-refractivity contribution is -0.384. The van der Waals surface area contributed by atoms with Crippen molar-refractivity contribution in [1.29, 1.82) is 0 Å². The van der Waals surface area contributed by atoms with E-state index in [0.717, 1.165) is 12.3 Å². The second-order valence-corrected chi connectivity index (χ2v) is 7.29. The maximum Gasteiger partial charge on any atom is 0.298 e. The number of ether oxygens (including phenoxy) is 2. The molecule has 1 aromatic carbocycles. The molecule has 0 saturated carbocycles. The molecule has 0 bridgehead atoms. The molecule has 27 heavy (non-hydrogen) atoms. The Labute approximate surface area is 154 Å². The van der Waals surface area contributed by atoms with E-state index in [9.17, 15) is 23.3 Å². The molecule has 0 radical (unpaired) electrons. The molecule has 142 valence electrons. The molecule has 0 unspecified atom stereocenters. The molecular formula is C16H15N3O7S. The van der Waals surface area contributed by atoms with Crippen LogP contribution in [0.1, 0.15) is 0 Å². The Balaban J connectivity index is 2.39. The van der Waals surface area contributed by atoms with E-state index < -0.39 is 26.2 Å². The maximum atomic E-state index is 11.9. The van der Waals surface area contributed by atoms with Gasteiger partial charge in [0.1, 0.15) is 0 Å². The van der Waals surface area contributed by atoms with Crippen molar-refractivity contribution in [3.63, 3.8) is 0 Å². The summed E-state index contributed by atoms with van der Waals surface area (Å²) >= 11 is 0. The number of hydrogen-bond acceptors (Lipinski definition) is 9. The Bertz CT molecular complexity index is 994. The zero-order valence-corrected chi connectivity index (χ0v) is 15.4. The molecule has 0 spiro atoms. The van der Waals surface area contributed by atoms with Gasteiger partial charge < -0.3 is 9.47 Å². The van der Waals surface area contributed by atoms with Crippen molar-refractivity contribution in [1.82, 2.24) is 0 Å². The van der Waals surface area contributed by atoms with E-state index in [0.29, 0.717) is 5.57 Å². The fourth-order valence-corrected chi connectivity index (χ4v) is 2.74. The fourth-order valence-electron chi connectivity index (χ4n) is 2.10. The molecule has 2 rings (SSSR count). The van der Waals surface area contributed by atoms with Gasteiger partial charge >= 0.3 is 0 Å². The van der Waals surface area contributed by atoms with Crippen LogP contribution in [0.2, 0.25) is 0 Å². The van der Waals surface area contributed by atoms with Crippen LogP contribution in [0.5, 0.6) is 0 Å². The minimum absolute atomic E-state index is 0.0410. The molecule has 11 heteroatoms. The molecule has 0 heterocycles. The predicted molar refractivity (Wildman–Crippen MR) is 94.0 cm³/mol. The van der Waals surface area contributed by atoms with Crippen LogP contribution in [-0.2, 0) is 24.1 Å². The molecule has 1 aromatic rings. The maximum absolute atomic E-state index is 11.9. The number of nitro groups is 1. The normalized spacial score (nSPS) is 14.6. The number of azo groups is 1. The molecule has 1 aliphatic rings. The van der Waals surface area contributed by atoms with Gasteiger partial charge in [-0.1, -0.05) is 0 Å². The monoisotopic (exact) mass is 393 g/mol. The number of allylic oxidation sites excluding steroid dienone is 3. The van der Waals surface area contributed by atoms with Crippen LogP contribution >= 0.6 is 0 Å². The van der Waals surface area contributed by atoms with E-state index in [2.05, 4.69) is 10.2 Å². The van der Waals surface area contributed by atoms with Gasteiger partial charge in [-0.25, -0.2) is 8.42 Å². The van der Waals surface area contributed by atoms with Crippen LogP contribution in [0.4, 0.5) is 11.4 Å². The van der Waals surface area contributed by atoms with E-state index in [4.69, 9.17) is 9.47 Å². The first kappa shape index (κ1) is 20.0. The fraction of sp³-hybridized carbons (Fsp3) is 0.188. The van der Waals surface area contributed by atoms with Gasteiger partial charge in [0, 0.05) is 17.9 Å². The van der Waals surface area contributed by atoms with Crippen LogP contribution in [0, 0.1) is 10.1 Å². The Hall–Kier alpha value is -3.34. The molecule has 0 aromatic heterocycles. The van der Waals surface area contributed by atoms with E-state index >= 15 is 0 Å². The van der Waals surface area contributed by atoms with Gasteiger partial charge in [-0.2, -0.15) is 5.11 Å². The van der Waals surface area contributed by atoms with Gasteiger partial charge in [0.25, 0.3) is 11.5 Å². The number of carbonyl (C=O) groups excluding carboxylic acids is 1. The molecule has 1 aliphatic carbocycles. The van der Waals surface area contributed by atoms with Gasteiger partial charge in [-0.15, -0.1) is 5.11 Å². The van der Waals surface area contributed by atoms with Crippen molar-refractivity contribution in [2.75, 3.05) is 20.5 Å². The first-order valence-corrected chi connectivity index (χ1v) is 9.22. The summed E-state index contributed by atoms with van der Waals surface area (Å²) in [6.07, 6.45) is 5.01. The highest BCUT2D eigenvalue weighted by Gasteiger charge is 2.22. The third-order valence-corrected chi connectivity index (χ3v) is 4.54. The zero-order valence-electron chi connectivity index (χ0n) is 14.6. The SMILES string of the molecule is COC1=CC(=CN=Nc2ccc(S(C)(=O)=O)cc2[N+](=O)[O-])C=C(OC)C1=O. The second kappa shape index (κ2) is 7.91. The Kier molecular flexibility index (Phi) is 5.85. The average molecular weight is 393 g/mol. The third kappa shape index (κ3) is 4.64. The zero-order chi connectivity index (χ0) is 20.2. The summed E-state index contributed by atoms with van der Waals surface area (Å²) in [6.45, 7) is 0. The van der Waals surface area contributed by atoms with E-state index in [1.165, 1.54) is 44.7 Å². The lowest BCUT2D eigenvalue weighted by Crippen LogP contribution is -2.13. The van der Waals surface area contributed by atoms with Crippen molar-refractivity contribution in [2.24, 2.45) is 10.2 Å². The van der Waals surface area contributed by atoms with Crippen molar-refractivity contribution in [2.45, 2.75) is 4.90 Å². The number of carbonyl (C=O) groups is 1. The second-order valence-electron chi connectivity index (χ2n) is 5.28.